The molecule has 1 unspecified atom stereocenters. The maximum atomic E-state index is 12.7. The second kappa shape index (κ2) is 5.85. The maximum Gasteiger partial charge on any atom is 0.433 e. The molecule has 120 valence electrons. The lowest BCUT2D eigenvalue weighted by Crippen LogP contribution is -2.37. The smallest absolute Gasteiger partial charge is 0.394 e. The number of fused-ring (bicyclic) bond motifs is 1. The summed E-state index contributed by atoms with van der Waals surface area (Å²) in [6.07, 6.45) is -4.52. The first-order valence-corrected chi connectivity index (χ1v) is 7.33. The normalized spacial score (nSPS) is 13.4. The van der Waals surface area contributed by atoms with Crippen LogP contribution < -0.4 is 0 Å². The lowest BCUT2D eigenvalue weighted by Gasteiger charge is -2.22. The molecule has 0 radical (unpaired) electrons. The number of carbonyl (C=O) groups excluding carboxylic acids is 1. The van der Waals surface area contributed by atoms with E-state index in [2.05, 4.69) is 4.98 Å². The molecule has 22 heavy (non-hydrogen) atoms. The Bertz CT molecular complexity index is 712. The van der Waals surface area contributed by atoms with E-state index in [9.17, 15) is 18.0 Å². The number of aliphatic hydroxyl groups excluding tert-OH is 1. The third kappa shape index (κ3) is 2.93. The average Bonchev–Trinajstić information content (AvgIpc) is 2.80. The molecule has 0 aromatic carbocycles. The number of carbonyl (C=O) groups is 1. The monoisotopic (exact) mass is 332 g/mol. The van der Waals surface area contributed by atoms with Crippen molar-refractivity contribution in [1.29, 1.82) is 0 Å². The van der Waals surface area contributed by atoms with Crippen LogP contribution in [-0.2, 0) is 6.18 Å². The van der Waals surface area contributed by atoms with Crippen molar-refractivity contribution >= 4 is 27.5 Å². The summed E-state index contributed by atoms with van der Waals surface area (Å²) >= 11 is 0.935. The lowest BCUT2D eigenvalue weighted by molar-refractivity contribution is -0.140. The van der Waals surface area contributed by atoms with Crippen molar-refractivity contribution in [2.75, 3.05) is 13.7 Å². The van der Waals surface area contributed by atoms with Gasteiger partial charge in [-0.1, -0.05) is 0 Å². The number of thiophene rings is 1. The maximum absolute atomic E-state index is 12.7. The van der Waals surface area contributed by atoms with Gasteiger partial charge in [0.05, 0.1) is 17.5 Å². The van der Waals surface area contributed by atoms with E-state index in [-0.39, 0.29) is 23.4 Å². The van der Waals surface area contributed by atoms with Gasteiger partial charge in [-0.2, -0.15) is 13.2 Å². The van der Waals surface area contributed by atoms with Gasteiger partial charge in [-0.3, -0.25) is 4.79 Å². The molecule has 0 fully saturated rings. The van der Waals surface area contributed by atoms with Crippen LogP contribution in [0.2, 0.25) is 0 Å². The lowest BCUT2D eigenvalue weighted by atomic mass is 10.1. The summed E-state index contributed by atoms with van der Waals surface area (Å²) in [5.74, 6) is -0.337. The van der Waals surface area contributed by atoms with Gasteiger partial charge in [-0.25, -0.2) is 4.98 Å². The van der Waals surface area contributed by atoms with Gasteiger partial charge in [0.15, 0.2) is 0 Å². The zero-order valence-corrected chi connectivity index (χ0v) is 13.0. The van der Waals surface area contributed by atoms with Gasteiger partial charge in [0.25, 0.3) is 5.91 Å². The van der Waals surface area contributed by atoms with Crippen molar-refractivity contribution in [1.82, 2.24) is 9.88 Å². The number of rotatable bonds is 3. The molecule has 2 aromatic rings. The molecule has 0 bridgehead atoms. The van der Waals surface area contributed by atoms with Gasteiger partial charge in [0.2, 0.25) is 0 Å². The number of pyridine rings is 1. The summed E-state index contributed by atoms with van der Waals surface area (Å²) < 4.78 is 38.1. The summed E-state index contributed by atoms with van der Waals surface area (Å²) in [6.45, 7) is 3.17. The summed E-state index contributed by atoms with van der Waals surface area (Å²) in [4.78, 5) is 17.9. The molecule has 0 aliphatic carbocycles. The van der Waals surface area contributed by atoms with E-state index in [1.54, 1.807) is 20.9 Å². The van der Waals surface area contributed by atoms with Crippen molar-refractivity contribution in [2.24, 2.45) is 0 Å². The van der Waals surface area contributed by atoms with Crippen LogP contribution in [0.3, 0.4) is 0 Å². The molecule has 0 aliphatic rings. The number of nitrogens with zero attached hydrogens (tertiary/aromatic N) is 2. The largest absolute Gasteiger partial charge is 0.433 e. The van der Waals surface area contributed by atoms with Crippen LogP contribution in [0.5, 0.6) is 0 Å². The number of likely N-dealkylation sites (N-methyl/N-ethyl adjacent to an activating group) is 1. The summed E-state index contributed by atoms with van der Waals surface area (Å²) in [6, 6.07) is 1.87. The molecule has 8 heteroatoms. The number of aromatic nitrogens is 1. The Morgan fingerprint density at radius 2 is 2.09 bits per heavy atom. The average molecular weight is 332 g/mol. The number of hydrogen-bond donors (Lipinski definition) is 1. The highest BCUT2D eigenvalue weighted by Crippen LogP contribution is 2.34. The summed E-state index contributed by atoms with van der Waals surface area (Å²) in [7, 11) is 1.54. The van der Waals surface area contributed by atoms with Crippen LogP contribution in [-0.4, -0.2) is 40.6 Å². The number of amides is 1. The van der Waals surface area contributed by atoms with E-state index in [1.807, 2.05) is 0 Å². The van der Waals surface area contributed by atoms with Crippen LogP contribution in [0, 0.1) is 6.92 Å². The Balaban J connectivity index is 2.48. The minimum atomic E-state index is -4.52. The standard InChI is InChI=1S/C14H15F3N2O2S/c1-7(6-20)19(3)13(21)11-8(2)9-4-5-10(14(15,16)17)18-12(9)22-11/h4-5,7,20H,6H2,1-3H3. The second-order valence-electron chi connectivity index (χ2n) is 5.05. The van der Waals surface area contributed by atoms with Crippen molar-refractivity contribution in [3.05, 3.63) is 28.3 Å². The first kappa shape index (κ1) is 16.7. The van der Waals surface area contributed by atoms with Crippen molar-refractivity contribution in [3.8, 4) is 0 Å². The van der Waals surface area contributed by atoms with E-state index in [0.29, 0.717) is 15.8 Å². The highest BCUT2D eigenvalue weighted by molar-refractivity contribution is 7.20. The quantitative estimate of drug-likeness (QED) is 0.940. The van der Waals surface area contributed by atoms with E-state index >= 15 is 0 Å². The van der Waals surface area contributed by atoms with E-state index in [0.717, 1.165) is 17.4 Å². The Labute approximate surface area is 129 Å². The molecular formula is C14H15F3N2O2S. The third-order valence-corrected chi connectivity index (χ3v) is 4.72. The molecule has 0 spiro atoms. The fourth-order valence-electron chi connectivity index (χ4n) is 1.94. The van der Waals surface area contributed by atoms with E-state index in [1.165, 1.54) is 11.0 Å². The molecule has 0 saturated carbocycles. The molecule has 1 atom stereocenters. The van der Waals surface area contributed by atoms with Crippen molar-refractivity contribution in [2.45, 2.75) is 26.1 Å². The fourth-order valence-corrected chi connectivity index (χ4v) is 3.11. The number of aryl methyl sites for hydroxylation is 1. The first-order valence-electron chi connectivity index (χ1n) is 6.52. The SMILES string of the molecule is Cc1c(C(=O)N(C)C(C)CO)sc2nc(C(F)(F)F)ccc12. The first-order chi connectivity index (χ1) is 10.2. The summed E-state index contributed by atoms with van der Waals surface area (Å²) in [5, 5.41) is 9.64. The predicted molar refractivity (Wildman–Crippen MR) is 78.0 cm³/mol. The zero-order chi connectivity index (χ0) is 16.7. The molecule has 0 saturated heterocycles. The Morgan fingerprint density at radius 1 is 1.45 bits per heavy atom. The van der Waals surface area contributed by atoms with Gasteiger partial charge in [-0.15, -0.1) is 11.3 Å². The molecule has 1 amide bonds. The van der Waals surface area contributed by atoms with Crippen LogP contribution in [0.4, 0.5) is 13.2 Å². The van der Waals surface area contributed by atoms with Crippen molar-refractivity contribution in [3.63, 3.8) is 0 Å². The van der Waals surface area contributed by atoms with Crippen LogP contribution in [0.15, 0.2) is 12.1 Å². The van der Waals surface area contributed by atoms with E-state index in [4.69, 9.17) is 5.11 Å². The van der Waals surface area contributed by atoms with Gasteiger partial charge < -0.3 is 10.0 Å². The van der Waals surface area contributed by atoms with Crippen molar-refractivity contribution < 1.29 is 23.1 Å². The number of halogens is 3. The highest BCUT2D eigenvalue weighted by Gasteiger charge is 2.33. The predicted octanol–water partition coefficient (Wildman–Crippen LogP) is 3.08. The molecule has 0 aliphatic heterocycles. The number of hydrogen-bond acceptors (Lipinski definition) is 4. The third-order valence-electron chi connectivity index (χ3n) is 3.53. The zero-order valence-electron chi connectivity index (χ0n) is 12.2. The van der Waals surface area contributed by atoms with E-state index < -0.39 is 11.9 Å². The minimum Gasteiger partial charge on any atom is -0.394 e. The number of alkyl halides is 3. The van der Waals surface area contributed by atoms with Crippen LogP contribution in [0.25, 0.3) is 10.2 Å². The molecule has 4 nitrogen and oxygen atoms in total. The van der Waals surface area contributed by atoms with Gasteiger partial charge in [0.1, 0.15) is 10.5 Å². The molecule has 2 aromatic heterocycles. The van der Waals surface area contributed by atoms with Gasteiger partial charge in [0, 0.05) is 12.4 Å². The second-order valence-corrected chi connectivity index (χ2v) is 6.05. The Hall–Kier alpha value is -1.67. The van der Waals surface area contributed by atoms with Crippen LogP contribution in [0.1, 0.15) is 27.9 Å². The molecule has 2 heterocycles. The van der Waals surface area contributed by atoms with Gasteiger partial charge >= 0.3 is 6.18 Å². The molecular weight excluding hydrogens is 317 g/mol. The highest BCUT2D eigenvalue weighted by atomic mass is 32.1. The fraction of sp³-hybridized carbons (Fsp3) is 0.429. The number of aliphatic hydroxyl groups is 1. The topological polar surface area (TPSA) is 53.4 Å². The van der Waals surface area contributed by atoms with Gasteiger partial charge in [-0.05, 0) is 31.5 Å². The molecule has 1 N–H and O–H groups in total. The minimum absolute atomic E-state index is 0.181. The Kier molecular flexibility index (Phi) is 4.44. The summed E-state index contributed by atoms with van der Waals surface area (Å²) in [5.41, 5.74) is -0.374. The Morgan fingerprint density at radius 3 is 2.64 bits per heavy atom. The van der Waals surface area contributed by atoms with Crippen LogP contribution >= 0.6 is 11.3 Å². The molecule has 2 rings (SSSR count).